The van der Waals surface area contributed by atoms with Crippen LogP contribution in [0.15, 0.2) is 41.2 Å². The lowest BCUT2D eigenvalue weighted by Gasteiger charge is -2.11. The number of rotatable bonds is 3. The van der Waals surface area contributed by atoms with Crippen LogP contribution >= 0.6 is 0 Å². The van der Waals surface area contributed by atoms with Crippen molar-refractivity contribution < 1.29 is 5.11 Å². The third-order valence-corrected chi connectivity index (χ3v) is 3.21. The van der Waals surface area contributed by atoms with Crippen LogP contribution in [0.1, 0.15) is 23.2 Å². The number of nitrogens with zero attached hydrogens (tertiary/aromatic N) is 3. The van der Waals surface area contributed by atoms with Gasteiger partial charge in [-0.3, -0.25) is 0 Å². The van der Waals surface area contributed by atoms with Gasteiger partial charge >= 0.3 is 5.69 Å². The quantitative estimate of drug-likeness (QED) is 0.743. The number of aliphatic hydroxyl groups excluding tert-OH is 1. The highest BCUT2D eigenvalue weighted by molar-refractivity contribution is 5.38. The number of fused-ring (bicyclic) bond motifs is 1. The van der Waals surface area contributed by atoms with Crippen molar-refractivity contribution in [1.82, 2.24) is 19.6 Å². The summed E-state index contributed by atoms with van der Waals surface area (Å²) in [5, 5.41) is 16.5. The fraction of sp³-hybridized carbons (Fsp3) is 0.214. The van der Waals surface area contributed by atoms with Crippen LogP contribution in [0.25, 0.3) is 5.65 Å². The smallest absolute Gasteiger partial charge is 0.349 e. The molecule has 6 nitrogen and oxygen atoms in total. The van der Waals surface area contributed by atoms with Crippen molar-refractivity contribution in [3.8, 4) is 0 Å². The molecule has 1 unspecified atom stereocenters. The molecule has 3 aromatic rings. The lowest BCUT2D eigenvalue weighted by Crippen LogP contribution is -2.14. The first-order valence-electron chi connectivity index (χ1n) is 6.32. The van der Waals surface area contributed by atoms with E-state index in [9.17, 15) is 9.90 Å². The predicted octanol–water partition coefficient (Wildman–Crippen LogP) is 1.00. The Hall–Kier alpha value is -2.47. The van der Waals surface area contributed by atoms with Gasteiger partial charge in [-0.25, -0.2) is 19.3 Å². The molecule has 102 valence electrons. The van der Waals surface area contributed by atoms with Gasteiger partial charge in [0.2, 0.25) is 0 Å². The Bertz CT molecular complexity index is 792. The first-order valence-corrected chi connectivity index (χ1v) is 6.32. The first-order chi connectivity index (χ1) is 9.65. The standard InChI is InChI=1S/C14H14N4O2/c1-9-15-11(8-13-16-17-14(20)18(9)13)7-12(19)10-5-3-2-4-6-10/h2-6,8,12,19H,7H2,1H3,(H,17,20). The van der Waals surface area contributed by atoms with Gasteiger partial charge in [0.05, 0.1) is 6.10 Å². The number of aromatic nitrogens is 4. The monoisotopic (exact) mass is 270 g/mol. The van der Waals surface area contributed by atoms with Crippen molar-refractivity contribution in [2.75, 3.05) is 0 Å². The lowest BCUT2D eigenvalue weighted by molar-refractivity contribution is 0.177. The van der Waals surface area contributed by atoms with Crippen LogP contribution in [-0.2, 0) is 6.42 Å². The van der Waals surface area contributed by atoms with Gasteiger partial charge in [0.15, 0.2) is 5.65 Å². The normalized spacial score (nSPS) is 12.7. The van der Waals surface area contributed by atoms with E-state index < -0.39 is 6.10 Å². The van der Waals surface area contributed by atoms with E-state index in [2.05, 4.69) is 15.2 Å². The minimum Gasteiger partial charge on any atom is -0.388 e. The molecule has 2 aromatic heterocycles. The minimum absolute atomic E-state index is 0.305. The number of benzene rings is 1. The molecule has 20 heavy (non-hydrogen) atoms. The zero-order valence-electron chi connectivity index (χ0n) is 10.9. The van der Waals surface area contributed by atoms with Gasteiger partial charge in [0.25, 0.3) is 0 Å². The number of aromatic amines is 1. The van der Waals surface area contributed by atoms with E-state index in [4.69, 9.17) is 0 Å². The molecule has 0 radical (unpaired) electrons. The summed E-state index contributed by atoms with van der Waals surface area (Å²) >= 11 is 0. The van der Waals surface area contributed by atoms with E-state index in [1.165, 1.54) is 4.40 Å². The zero-order chi connectivity index (χ0) is 14.1. The maximum Gasteiger partial charge on any atom is 0.349 e. The second-order valence-electron chi connectivity index (χ2n) is 4.65. The predicted molar refractivity (Wildman–Crippen MR) is 73.5 cm³/mol. The van der Waals surface area contributed by atoms with E-state index in [0.29, 0.717) is 23.6 Å². The largest absolute Gasteiger partial charge is 0.388 e. The maximum atomic E-state index is 11.5. The molecular formula is C14H14N4O2. The van der Waals surface area contributed by atoms with Crippen LogP contribution in [0.4, 0.5) is 0 Å². The molecule has 2 heterocycles. The molecule has 0 fully saturated rings. The van der Waals surface area contributed by atoms with Gasteiger partial charge in [-0.05, 0) is 12.5 Å². The van der Waals surface area contributed by atoms with E-state index >= 15 is 0 Å². The first kappa shape index (κ1) is 12.6. The van der Waals surface area contributed by atoms with Crippen LogP contribution in [0.2, 0.25) is 0 Å². The second kappa shape index (κ2) is 4.90. The molecule has 0 aliphatic heterocycles. The average molecular weight is 270 g/mol. The third kappa shape index (κ3) is 2.21. The van der Waals surface area contributed by atoms with Crippen molar-refractivity contribution in [3.05, 3.63) is 64.0 Å². The number of aliphatic hydroxyl groups is 1. The van der Waals surface area contributed by atoms with Crippen LogP contribution in [0, 0.1) is 6.92 Å². The fourth-order valence-corrected chi connectivity index (χ4v) is 2.25. The van der Waals surface area contributed by atoms with Gasteiger partial charge < -0.3 is 5.11 Å². The number of nitrogens with one attached hydrogen (secondary N) is 1. The van der Waals surface area contributed by atoms with Crippen molar-refractivity contribution >= 4 is 5.65 Å². The zero-order valence-corrected chi connectivity index (χ0v) is 10.9. The maximum absolute atomic E-state index is 11.5. The summed E-state index contributed by atoms with van der Waals surface area (Å²) in [5.74, 6) is 0.552. The lowest BCUT2D eigenvalue weighted by atomic mass is 10.0. The summed E-state index contributed by atoms with van der Waals surface area (Å²) in [6.07, 6.45) is -0.251. The fourth-order valence-electron chi connectivity index (χ4n) is 2.25. The molecule has 0 aliphatic rings. The molecule has 0 aliphatic carbocycles. The minimum atomic E-state index is -0.629. The highest BCUT2D eigenvalue weighted by atomic mass is 16.3. The van der Waals surface area contributed by atoms with Crippen LogP contribution < -0.4 is 5.69 Å². The van der Waals surface area contributed by atoms with Gasteiger partial charge in [-0.2, -0.15) is 5.10 Å². The molecule has 6 heteroatoms. The molecule has 0 amide bonds. The molecule has 0 spiro atoms. The Morgan fingerprint density at radius 2 is 2.10 bits per heavy atom. The average Bonchev–Trinajstić information content (AvgIpc) is 2.81. The molecule has 1 atom stereocenters. The Labute approximate surface area is 114 Å². The van der Waals surface area contributed by atoms with E-state index in [1.54, 1.807) is 13.0 Å². The molecule has 0 saturated carbocycles. The highest BCUT2D eigenvalue weighted by Gasteiger charge is 2.12. The molecule has 1 aromatic carbocycles. The van der Waals surface area contributed by atoms with Crippen molar-refractivity contribution in [2.24, 2.45) is 0 Å². The van der Waals surface area contributed by atoms with E-state index in [0.717, 1.165) is 5.56 Å². The molecule has 0 saturated heterocycles. The van der Waals surface area contributed by atoms with Crippen LogP contribution in [0.5, 0.6) is 0 Å². The Morgan fingerprint density at radius 3 is 2.85 bits per heavy atom. The topological polar surface area (TPSA) is 83.3 Å². The number of hydrogen-bond donors (Lipinski definition) is 2. The summed E-state index contributed by atoms with van der Waals surface area (Å²) in [6.45, 7) is 1.74. The Morgan fingerprint density at radius 1 is 1.35 bits per heavy atom. The molecule has 2 N–H and O–H groups in total. The van der Waals surface area contributed by atoms with Crippen LogP contribution in [-0.4, -0.2) is 24.7 Å². The van der Waals surface area contributed by atoms with E-state index in [-0.39, 0.29) is 5.69 Å². The summed E-state index contributed by atoms with van der Waals surface area (Å²) in [7, 11) is 0. The second-order valence-corrected chi connectivity index (χ2v) is 4.65. The van der Waals surface area contributed by atoms with E-state index in [1.807, 2.05) is 30.3 Å². The number of aryl methyl sites for hydroxylation is 1. The van der Waals surface area contributed by atoms with Gasteiger partial charge in [-0.1, -0.05) is 30.3 Å². The third-order valence-electron chi connectivity index (χ3n) is 3.21. The molecule has 3 rings (SSSR count). The Kier molecular flexibility index (Phi) is 3.08. The van der Waals surface area contributed by atoms with Crippen molar-refractivity contribution in [1.29, 1.82) is 0 Å². The van der Waals surface area contributed by atoms with Gasteiger partial charge in [0, 0.05) is 18.2 Å². The van der Waals surface area contributed by atoms with Gasteiger partial charge in [-0.15, -0.1) is 0 Å². The summed E-state index contributed by atoms with van der Waals surface area (Å²) in [6, 6.07) is 11.1. The number of H-pyrrole nitrogens is 1. The Balaban J connectivity index is 1.93. The summed E-state index contributed by atoms with van der Waals surface area (Å²) < 4.78 is 1.40. The molecular weight excluding hydrogens is 256 g/mol. The summed E-state index contributed by atoms with van der Waals surface area (Å²) in [5.41, 5.74) is 1.74. The summed E-state index contributed by atoms with van der Waals surface area (Å²) in [4.78, 5) is 15.9. The van der Waals surface area contributed by atoms with Gasteiger partial charge in [0.1, 0.15) is 5.82 Å². The molecule has 0 bridgehead atoms. The van der Waals surface area contributed by atoms with Crippen molar-refractivity contribution in [2.45, 2.75) is 19.4 Å². The number of hydrogen-bond acceptors (Lipinski definition) is 4. The highest BCUT2D eigenvalue weighted by Crippen LogP contribution is 2.17. The van der Waals surface area contributed by atoms with Crippen molar-refractivity contribution in [3.63, 3.8) is 0 Å². The van der Waals surface area contributed by atoms with Crippen LogP contribution in [0.3, 0.4) is 0 Å². The SMILES string of the molecule is Cc1nc(CC(O)c2ccccc2)cc2n[nH]c(=O)n12.